The summed E-state index contributed by atoms with van der Waals surface area (Å²) in [6.07, 6.45) is 0. The van der Waals surface area contributed by atoms with Crippen LogP contribution in [0.25, 0.3) is 0 Å². The van der Waals surface area contributed by atoms with Crippen molar-refractivity contribution in [2.45, 2.75) is 27.7 Å². The second-order valence-corrected chi connectivity index (χ2v) is 15.1. The van der Waals surface area contributed by atoms with Gasteiger partial charge in [-0.15, -0.1) is 0 Å². The van der Waals surface area contributed by atoms with Crippen molar-refractivity contribution in [2.24, 2.45) is 0 Å². The standard InChI is InChI=1S/C40H36OP2/c1-29-17-5-11-23-35(29)42(36-24-12-6-18-30(36)2)39-27-15-9-21-33(39)41-34-22-10-16-28-40(34)43(37-25-13-7-19-31(37)3)38-26-14-8-20-32(38)4/h5-28H,1-4H3. The van der Waals surface area contributed by atoms with Crippen LogP contribution < -0.4 is 36.6 Å². The van der Waals surface area contributed by atoms with Crippen LogP contribution in [-0.4, -0.2) is 0 Å². The van der Waals surface area contributed by atoms with Crippen LogP contribution in [0.1, 0.15) is 22.3 Å². The highest BCUT2D eigenvalue weighted by Gasteiger charge is 2.26. The van der Waals surface area contributed by atoms with E-state index in [1.807, 2.05) is 0 Å². The van der Waals surface area contributed by atoms with Crippen molar-refractivity contribution in [2.75, 3.05) is 0 Å². The van der Waals surface area contributed by atoms with E-state index in [0.717, 1.165) is 11.5 Å². The van der Waals surface area contributed by atoms with E-state index in [2.05, 4.69) is 173 Å². The highest BCUT2D eigenvalue weighted by atomic mass is 31.1. The Morgan fingerprint density at radius 1 is 0.302 bits per heavy atom. The molecule has 6 aromatic rings. The molecule has 6 aromatic carbocycles. The number of benzene rings is 6. The summed E-state index contributed by atoms with van der Waals surface area (Å²) in [5, 5.41) is 7.90. The lowest BCUT2D eigenvalue weighted by Gasteiger charge is -2.27. The fraction of sp³-hybridized carbons (Fsp3) is 0.100. The summed E-state index contributed by atoms with van der Waals surface area (Å²) < 4.78 is 7.08. The normalized spacial score (nSPS) is 11.2. The summed E-state index contributed by atoms with van der Waals surface area (Å²) >= 11 is 0. The van der Waals surface area contributed by atoms with E-state index >= 15 is 0 Å². The molecule has 0 aromatic heterocycles. The third kappa shape index (κ3) is 6.07. The smallest absolute Gasteiger partial charge is 0.135 e. The number of ether oxygens (including phenoxy) is 1. The van der Waals surface area contributed by atoms with E-state index in [-0.39, 0.29) is 0 Å². The Balaban J connectivity index is 1.52. The molecule has 43 heavy (non-hydrogen) atoms. The van der Waals surface area contributed by atoms with Gasteiger partial charge in [-0.3, -0.25) is 0 Å². The zero-order chi connectivity index (χ0) is 29.8. The summed E-state index contributed by atoms with van der Waals surface area (Å²) in [6.45, 7) is 8.89. The van der Waals surface area contributed by atoms with Crippen molar-refractivity contribution in [3.63, 3.8) is 0 Å². The minimum Gasteiger partial charge on any atom is -0.456 e. The second-order valence-electron chi connectivity index (χ2n) is 10.9. The van der Waals surface area contributed by atoms with E-state index in [9.17, 15) is 0 Å². The summed E-state index contributed by atoms with van der Waals surface area (Å²) in [5.41, 5.74) is 5.20. The van der Waals surface area contributed by atoms with E-state index in [0.29, 0.717) is 0 Å². The fourth-order valence-electron chi connectivity index (χ4n) is 5.61. The summed E-state index contributed by atoms with van der Waals surface area (Å²) in [7, 11) is -1.69. The van der Waals surface area contributed by atoms with Gasteiger partial charge in [-0.1, -0.05) is 133 Å². The largest absolute Gasteiger partial charge is 0.456 e. The molecule has 6 rings (SSSR count). The molecular weight excluding hydrogens is 558 g/mol. The van der Waals surface area contributed by atoms with Gasteiger partial charge >= 0.3 is 0 Å². The zero-order valence-electron chi connectivity index (χ0n) is 25.2. The molecule has 212 valence electrons. The first-order valence-corrected chi connectivity index (χ1v) is 17.4. The predicted octanol–water partition coefficient (Wildman–Crippen LogP) is 8.23. The molecule has 0 saturated carbocycles. The minimum absolute atomic E-state index is 0.847. The number of rotatable bonds is 8. The molecule has 0 saturated heterocycles. The quantitative estimate of drug-likeness (QED) is 0.161. The molecule has 1 nitrogen and oxygen atoms in total. The van der Waals surface area contributed by atoms with Crippen molar-refractivity contribution in [1.29, 1.82) is 0 Å². The molecule has 0 aliphatic heterocycles. The van der Waals surface area contributed by atoms with Gasteiger partial charge in [0.15, 0.2) is 0 Å². The van der Waals surface area contributed by atoms with Gasteiger partial charge in [0.05, 0.1) is 0 Å². The van der Waals surface area contributed by atoms with Crippen molar-refractivity contribution in [3.8, 4) is 11.5 Å². The highest BCUT2D eigenvalue weighted by Crippen LogP contribution is 2.42. The van der Waals surface area contributed by atoms with E-state index in [4.69, 9.17) is 4.74 Å². The Morgan fingerprint density at radius 3 is 0.814 bits per heavy atom. The van der Waals surface area contributed by atoms with Gasteiger partial charge in [-0.2, -0.15) is 0 Å². The van der Waals surface area contributed by atoms with Crippen molar-refractivity contribution < 1.29 is 4.74 Å². The molecule has 0 fully saturated rings. The Hall–Kier alpha value is -4.02. The SMILES string of the molecule is Cc1ccccc1P(c1ccccc1C)c1ccccc1Oc1ccccc1P(c1ccccc1C)c1ccccc1C. The molecule has 0 bridgehead atoms. The molecule has 0 heterocycles. The number of hydrogen-bond donors (Lipinski definition) is 0. The van der Waals surface area contributed by atoms with Gasteiger partial charge in [-0.25, -0.2) is 0 Å². The maximum absolute atomic E-state index is 7.08. The first-order chi connectivity index (χ1) is 21.0. The molecule has 0 radical (unpaired) electrons. The monoisotopic (exact) mass is 594 g/mol. The predicted molar refractivity (Wildman–Crippen MR) is 189 cm³/mol. The van der Waals surface area contributed by atoms with Crippen LogP contribution in [0.15, 0.2) is 146 Å². The van der Waals surface area contributed by atoms with Gasteiger partial charge in [0, 0.05) is 10.6 Å². The van der Waals surface area contributed by atoms with Gasteiger partial charge < -0.3 is 4.74 Å². The van der Waals surface area contributed by atoms with Gasteiger partial charge in [0.1, 0.15) is 11.5 Å². The average molecular weight is 595 g/mol. The van der Waals surface area contributed by atoms with E-state index in [1.54, 1.807) is 0 Å². The Morgan fingerprint density at radius 2 is 0.535 bits per heavy atom. The molecule has 0 atom stereocenters. The molecule has 0 unspecified atom stereocenters. The van der Waals surface area contributed by atoms with Gasteiger partial charge in [0.25, 0.3) is 0 Å². The van der Waals surface area contributed by atoms with E-state index in [1.165, 1.54) is 54.1 Å². The third-order valence-corrected chi connectivity index (χ3v) is 13.5. The first-order valence-electron chi connectivity index (χ1n) is 14.7. The van der Waals surface area contributed by atoms with Crippen molar-refractivity contribution in [1.82, 2.24) is 0 Å². The number of hydrogen-bond acceptors (Lipinski definition) is 1. The molecular formula is C40H36OP2. The molecule has 0 aliphatic carbocycles. The Labute approximate surface area is 258 Å². The Bertz CT molecular complexity index is 1650. The second kappa shape index (κ2) is 13.1. The first kappa shape index (κ1) is 29.1. The highest BCUT2D eigenvalue weighted by molar-refractivity contribution is 7.80. The van der Waals surface area contributed by atoms with Gasteiger partial charge in [0.2, 0.25) is 0 Å². The van der Waals surface area contributed by atoms with Crippen LogP contribution in [0.5, 0.6) is 11.5 Å². The van der Waals surface area contributed by atoms with E-state index < -0.39 is 15.8 Å². The lowest BCUT2D eigenvalue weighted by Crippen LogP contribution is -2.26. The molecule has 3 heteroatoms. The van der Waals surface area contributed by atoms with Crippen LogP contribution >= 0.6 is 15.8 Å². The lowest BCUT2D eigenvalue weighted by atomic mass is 10.2. The molecule has 0 aliphatic rings. The van der Waals surface area contributed by atoms with Crippen LogP contribution in [0, 0.1) is 27.7 Å². The number of para-hydroxylation sites is 2. The van der Waals surface area contributed by atoms with Crippen LogP contribution in [0.4, 0.5) is 0 Å². The summed E-state index contributed by atoms with van der Waals surface area (Å²) in [5.74, 6) is 1.83. The average Bonchev–Trinajstić information content (AvgIpc) is 3.02. The maximum Gasteiger partial charge on any atom is 0.135 e. The zero-order valence-corrected chi connectivity index (χ0v) is 26.9. The minimum atomic E-state index is -0.847. The molecule has 0 spiro atoms. The maximum atomic E-state index is 7.08. The third-order valence-electron chi connectivity index (χ3n) is 7.86. The molecule has 0 N–H and O–H groups in total. The molecule has 0 amide bonds. The van der Waals surface area contributed by atoms with Gasteiger partial charge in [-0.05, 0) is 99.1 Å². The summed E-state index contributed by atoms with van der Waals surface area (Å²) in [4.78, 5) is 0. The van der Waals surface area contributed by atoms with Crippen molar-refractivity contribution >= 4 is 47.7 Å². The number of aryl methyl sites for hydroxylation is 4. The topological polar surface area (TPSA) is 9.23 Å². The summed E-state index contributed by atoms with van der Waals surface area (Å²) in [6, 6.07) is 52.5. The van der Waals surface area contributed by atoms with Crippen LogP contribution in [0.2, 0.25) is 0 Å². The van der Waals surface area contributed by atoms with Crippen LogP contribution in [-0.2, 0) is 0 Å². The Kier molecular flexibility index (Phi) is 8.85. The van der Waals surface area contributed by atoms with Crippen LogP contribution in [0.3, 0.4) is 0 Å². The fourth-order valence-corrected chi connectivity index (χ4v) is 11.0. The van der Waals surface area contributed by atoms with Crippen molar-refractivity contribution in [3.05, 3.63) is 168 Å². The lowest BCUT2D eigenvalue weighted by molar-refractivity contribution is 0.491.